The molecule has 0 unspecified atom stereocenters. The number of anilines is 3. The normalized spacial score (nSPS) is 11.8. The summed E-state index contributed by atoms with van der Waals surface area (Å²) in [6, 6.07) is 17.6. The Kier molecular flexibility index (Phi) is 5.76. The quantitative estimate of drug-likeness (QED) is 0.335. The van der Waals surface area contributed by atoms with Crippen molar-refractivity contribution in [3.8, 4) is 0 Å². The number of primary sulfonamides is 1. The zero-order chi connectivity index (χ0) is 23.6. The predicted octanol–water partition coefficient (Wildman–Crippen LogP) is 3.22. The summed E-state index contributed by atoms with van der Waals surface area (Å²) in [7, 11) is -8.01. The average molecular weight is 485 g/mol. The lowest BCUT2D eigenvalue weighted by Crippen LogP contribution is -2.16. The van der Waals surface area contributed by atoms with Crippen LogP contribution in [0.25, 0.3) is 11.0 Å². The molecule has 4 aromatic rings. The van der Waals surface area contributed by atoms with Gasteiger partial charge in [-0.05, 0) is 59.8 Å². The average Bonchev–Trinajstić information content (AvgIpc) is 2.79. The number of rotatable bonds is 7. The summed E-state index contributed by atoms with van der Waals surface area (Å²) in [6.07, 6.45) is 0. The van der Waals surface area contributed by atoms with Crippen molar-refractivity contribution in [3.05, 3.63) is 77.7 Å². The van der Waals surface area contributed by atoms with Gasteiger partial charge in [0.15, 0.2) is 11.6 Å². The number of hydrogen-bond donors (Lipinski definition) is 3. The van der Waals surface area contributed by atoms with Gasteiger partial charge in [-0.15, -0.1) is 4.91 Å². The maximum Gasteiger partial charge on any atom is 0.263 e. The highest BCUT2D eigenvalue weighted by molar-refractivity contribution is 7.92. The molecule has 1 heterocycles. The molecule has 0 saturated carbocycles. The summed E-state index contributed by atoms with van der Waals surface area (Å²) in [5.74, 6) is -0.0287. The first kappa shape index (κ1) is 22.3. The second kappa shape index (κ2) is 8.54. The summed E-state index contributed by atoms with van der Waals surface area (Å²) in [5, 5.41) is 10.8. The smallest absolute Gasteiger partial charge is 0.263 e. The molecule has 0 atom stereocenters. The second-order valence-corrected chi connectivity index (χ2v) is 10.0. The lowest BCUT2D eigenvalue weighted by Gasteiger charge is -2.14. The summed E-state index contributed by atoms with van der Waals surface area (Å²) in [4.78, 5) is 19.3. The number of nitroso groups, excluding NO2 is 1. The first-order chi connectivity index (χ1) is 15.7. The van der Waals surface area contributed by atoms with Gasteiger partial charge in [0, 0.05) is 5.69 Å². The van der Waals surface area contributed by atoms with E-state index in [2.05, 4.69) is 25.2 Å². The SMILES string of the molecule is NS(=O)(=O)c1ccc(Nc2nc3ccccc3nc2NS(=O)(=O)c2cccc(N=O)c2)cc1. The maximum atomic E-state index is 12.9. The number of nitrogens with two attached hydrogens (primary N) is 1. The number of fused-ring (bicyclic) bond motifs is 1. The first-order valence-electron chi connectivity index (χ1n) is 9.29. The van der Waals surface area contributed by atoms with Gasteiger partial charge in [-0.2, -0.15) is 0 Å². The Hall–Kier alpha value is -3.94. The number of sulfonamides is 2. The van der Waals surface area contributed by atoms with Crippen molar-refractivity contribution >= 4 is 54.1 Å². The molecule has 0 aliphatic rings. The third-order valence-corrected chi connectivity index (χ3v) is 6.75. The van der Waals surface area contributed by atoms with Crippen molar-refractivity contribution in [2.24, 2.45) is 10.3 Å². The maximum absolute atomic E-state index is 12.9. The van der Waals surface area contributed by atoms with E-state index in [-0.39, 0.29) is 27.1 Å². The highest BCUT2D eigenvalue weighted by atomic mass is 32.2. The van der Waals surface area contributed by atoms with Crippen LogP contribution in [0.15, 0.2) is 87.8 Å². The molecule has 168 valence electrons. The van der Waals surface area contributed by atoms with Gasteiger partial charge in [0.05, 0.1) is 20.8 Å². The fraction of sp³-hybridized carbons (Fsp3) is 0. The van der Waals surface area contributed by atoms with Gasteiger partial charge in [0.2, 0.25) is 10.0 Å². The Labute approximate surface area is 188 Å². The van der Waals surface area contributed by atoms with Gasteiger partial charge in [0.25, 0.3) is 10.0 Å². The number of benzene rings is 3. The Bertz CT molecular complexity index is 1570. The molecule has 0 radical (unpaired) electrons. The van der Waals surface area contributed by atoms with E-state index in [4.69, 9.17) is 5.14 Å². The van der Waals surface area contributed by atoms with Crippen LogP contribution >= 0.6 is 0 Å². The topological polar surface area (TPSA) is 174 Å². The van der Waals surface area contributed by atoms with Gasteiger partial charge < -0.3 is 5.32 Å². The lowest BCUT2D eigenvalue weighted by atomic mass is 10.3. The van der Waals surface area contributed by atoms with E-state index in [1.165, 1.54) is 42.5 Å². The largest absolute Gasteiger partial charge is 0.337 e. The molecule has 4 rings (SSSR count). The van der Waals surface area contributed by atoms with Gasteiger partial charge in [-0.3, -0.25) is 4.72 Å². The molecule has 0 fully saturated rings. The number of aromatic nitrogens is 2. The molecule has 0 spiro atoms. The van der Waals surface area contributed by atoms with Crippen LogP contribution in [0.5, 0.6) is 0 Å². The molecule has 0 aliphatic carbocycles. The molecule has 0 aliphatic heterocycles. The fourth-order valence-electron chi connectivity index (χ4n) is 2.92. The van der Waals surface area contributed by atoms with Gasteiger partial charge in [0.1, 0.15) is 5.69 Å². The van der Waals surface area contributed by atoms with E-state index in [0.29, 0.717) is 16.7 Å². The van der Waals surface area contributed by atoms with Gasteiger partial charge in [-0.25, -0.2) is 31.9 Å². The molecule has 1 aromatic heterocycles. The standard InChI is InChI=1S/C20H16N6O5S2/c21-32(28,29)15-10-8-13(9-11-15)22-19-20(24-18-7-2-1-6-17(18)23-19)26-33(30,31)16-5-3-4-14(12-16)25-27/h1-12H,(H,22,23)(H,24,26)(H2,21,28,29). The van der Waals surface area contributed by atoms with Crippen molar-refractivity contribution in [2.75, 3.05) is 10.0 Å². The Morgan fingerprint density at radius 3 is 2.00 bits per heavy atom. The van der Waals surface area contributed by atoms with E-state index in [9.17, 15) is 21.7 Å². The molecule has 0 saturated heterocycles. The van der Waals surface area contributed by atoms with E-state index in [1.807, 2.05) is 0 Å². The van der Waals surface area contributed by atoms with E-state index >= 15 is 0 Å². The van der Waals surface area contributed by atoms with Crippen LogP contribution in [0.1, 0.15) is 0 Å². The molecular formula is C20H16N6O5S2. The fourth-order valence-corrected chi connectivity index (χ4v) is 4.48. The molecule has 4 N–H and O–H groups in total. The van der Waals surface area contributed by atoms with Crippen LogP contribution in [-0.4, -0.2) is 26.8 Å². The molecule has 11 nitrogen and oxygen atoms in total. The predicted molar refractivity (Wildman–Crippen MR) is 123 cm³/mol. The van der Waals surface area contributed by atoms with Crippen LogP contribution in [0.3, 0.4) is 0 Å². The first-order valence-corrected chi connectivity index (χ1v) is 12.3. The molecule has 0 amide bonds. The van der Waals surface area contributed by atoms with Crippen LogP contribution in [-0.2, 0) is 20.0 Å². The van der Waals surface area contributed by atoms with Gasteiger partial charge in [-0.1, -0.05) is 18.2 Å². The van der Waals surface area contributed by atoms with Crippen LogP contribution in [0.2, 0.25) is 0 Å². The van der Waals surface area contributed by atoms with Crippen molar-refractivity contribution in [1.29, 1.82) is 0 Å². The van der Waals surface area contributed by atoms with Gasteiger partial charge >= 0.3 is 0 Å². The molecule has 3 aromatic carbocycles. The second-order valence-electron chi connectivity index (χ2n) is 6.80. The van der Waals surface area contributed by atoms with Crippen molar-refractivity contribution in [1.82, 2.24) is 9.97 Å². The lowest BCUT2D eigenvalue weighted by molar-refractivity contribution is 0.597. The van der Waals surface area contributed by atoms with E-state index in [0.717, 1.165) is 6.07 Å². The highest BCUT2D eigenvalue weighted by Gasteiger charge is 2.20. The molecule has 0 bridgehead atoms. The summed E-state index contributed by atoms with van der Waals surface area (Å²) in [6.45, 7) is 0. The van der Waals surface area contributed by atoms with Crippen molar-refractivity contribution in [2.45, 2.75) is 9.79 Å². The van der Waals surface area contributed by atoms with Crippen LogP contribution in [0.4, 0.5) is 23.0 Å². The monoisotopic (exact) mass is 484 g/mol. The van der Waals surface area contributed by atoms with Crippen LogP contribution in [0, 0.1) is 4.91 Å². The zero-order valence-electron chi connectivity index (χ0n) is 16.7. The Morgan fingerprint density at radius 1 is 0.758 bits per heavy atom. The van der Waals surface area contributed by atoms with Crippen molar-refractivity contribution < 1.29 is 16.8 Å². The third-order valence-electron chi connectivity index (χ3n) is 4.48. The minimum absolute atomic E-state index is 0.0456. The number of nitrogens with zero attached hydrogens (tertiary/aromatic N) is 3. The zero-order valence-corrected chi connectivity index (χ0v) is 18.3. The van der Waals surface area contributed by atoms with E-state index < -0.39 is 20.0 Å². The highest BCUT2D eigenvalue weighted by Crippen LogP contribution is 2.28. The summed E-state index contributed by atoms with van der Waals surface area (Å²) < 4.78 is 51.2. The van der Waals surface area contributed by atoms with Crippen molar-refractivity contribution in [3.63, 3.8) is 0 Å². The number of para-hydroxylation sites is 2. The molecular weight excluding hydrogens is 468 g/mol. The Morgan fingerprint density at radius 2 is 1.39 bits per heavy atom. The number of nitrogens with one attached hydrogen (secondary N) is 2. The third kappa shape index (κ3) is 4.95. The Balaban J connectivity index is 1.75. The minimum atomic E-state index is -4.14. The van der Waals surface area contributed by atoms with Crippen LogP contribution < -0.4 is 15.2 Å². The number of hydrogen-bond acceptors (Lipinski definition) is 9. The molecule has 33 heavy (non-hydrogen) atoms. The van der Waals surface area contributed by atoms with E-state index in [1.54, 1.807) is 24.3 Å². The summed E-state index contributed by atoms with van der Waals surface area (Å²) >= 11 is 0. The summed E-state index contributed by atoms with van der Waals surface area (Å²) in [5.41, 5.74) is 1.31. The minimum Gasteiger partial charge on any atom is -0.337 e. The molecule has 13 heteroatoms.